The van der Waals surface area contributed by atoms with E-state index in [1.54, 1.807) is 42.6 Å². The number of pyridine rings is 1. The molecule has 0 radical (unpaired) electrons. The molecular formula is C26H20N2O4. The lowest BCUT2D eigenvalue weighted by atomic mass is 9.98. The van der Waals surface area contributed by atoms with Gasteiger partial charge in [0.15, 0.2) is 5.43 Å². The van der Waals surface area contributed by atoms with Crippen LogP contribution in [0.2, 0.25) is 0 Å². The molecule has 1 amide bonds. The quantitative estimate of drug-likeness (QED) is 0.430. The van der Waals surface area contributed by atoms with Gasteiger partial charge in [-0.15, -0.1) is 0 Å². The van der Waals surface area contributed by atoms with Crippen LogP contribution in [-0.2, 0) is 0 Å². The highest BCUT2D eigenvalue weighted by atomic mass is 16.5. The van der Waals surface area contributed by atoms with Gasteiger partial charge in [0.2, 0.25) is 5.76 Å². The van der Waals surface area contributed by atoms with Crippen LogP contribution in [-0.4, -0.2) is 17.5 Å². The smallest absolute Gasteiger partial charge is 0.296 e. The second-order valence-electron chi connectivity index (χ2n) is 7.61. The van der Waals surface area contributed by atoms with E-state index in [9.17, 15) is 9.59 Å². The van der Waals surface area contributed by atoms with Crippen molar-refractivity contribution < 1.29 is 13.9 Å². The summed E-state index contributed by atoms with van der Waals surface area (Å²) in [5.74, 6) is 0.778. The minimum atomic E-state index is -0.665. The number of anilines is 1. The molecule has 6 heteroatoms. The number of fused-ring (bicyclic) bond motifs is 2. The fourth-order valence-electron chi connectivity index (χ4n) is 3.98. The van der Waals surface area contributed by atoms with Crippen LogP contribution in [0.4, 0.5) is 5.82 Å². The van der Waals surface area contributed by atoms with Gasteiger partial charge in [-0.3, -0.25) is 14.5 Å². The van der Waals surface area contributed by atoms with Crippen LogP contribution in [0.25, 0.3) is 11.0 Å². The lowest BCUT2D eigenvalue weighted by molar-refractivity contribution is 0.0970. The van der Waals surface area contributed by atoms with Gasteiger partial charge in [-0.2, -0.15) is 0 Å². The van der Waals surface area contributed by atoms with E-state index in [1.807, 2.05) is 37.3 Å². The predicted octanol–water partition coefficient (Wildman–Crippen LogP) is 4.81. The molecule has 0 saturated heterocycles. The van der Waals surface area contributed by atoms with Crippen LogP contribution in [0.15, 0.2) is 88.7 Å². The summed E-state index contributed by atoms with van der Waals surface area (Å²) in [6.07, 6.45) is 3.36. The number of benzene rings is 2. The summed E-state index contributed by atoms with van der Waals surface area (Å²) < 4.78 is 11.5. The first kappa shape index (κ1) is 19.8. The highest BCUT2D eigenvalue weighted by Gasteiger charge is 2.44. The monoisotopic (exact) mass is 424 g/mol. The molecule has 3 heterocycles. The third-order valence-electron chi connectivity index (χ3n) is 5.48. The lowest BCUT2D eigenvalue weighted by Crippen LogP contribution is -2.30. The van der Waals surface area contributed by atoms with Crippen molar-refractivity contribution in [3.63, 3.8) is 0 Å². The number of amides is 1. The summed E-state index contributed by atoms with van der Waals surface area (Å²) >= 11 is 0. The number of nitrogens with zero attached hydrogens (tertiary/aromatic N) is 2. The van der Waals surface area contributed by atoms with Crippen molar-refractivity contribution in [2.75, 3.05) is 11.5 Å². The molecule has 1 atom stereocenters. The van der Waals surface area contributed by atoms with Gasteiger partial charge in [-0.25, -0.2) is 4.98 Å². The van der Waals surface area contributed by atoms with Crippen molar-refractivity contribution >= 4 is 22.7 Å². The molecule has 5 rings (SSSR count). The number of carbonyl (C=O) groups is 1. The first-order chi connectivity index (χ1) is 15.6. The number of para-hydroxylation sites is 1. The Hall–Kier alpha value is -4.19. The Morgan fingerprint density at radius 2 is 1.88 bits per heavy atom. The number of ether oxygens (including phenoxy) is 1. The zero-order chi connectivity index (χ0) is 22.2. The summed E-state index contributed by atoms with van der Waals surface area (Å²) in [5, 5.41) is 0.439. The van der Waals surface area contributed by atoms with Crippen molar-refractivity contribution in [2.24, 2.45) is 0 Å². The van der Waals surface area contributed by atoms with E-state index in [2.05, 4.69) is 11.6 Å². The number of aryl methyl sites for hydroxylation is 1. The fraction of sp³-hybridized carbons (Fsp3) is 0.115. The normalized spacial score (nSPS) is 15.1. The molecule has 2 aromatic heterocycles. The lowest BCUT2D eigenvalue weighted by Gasteiger charge is -2.24. The molecule has 0 spiro atoms. The molecule has 158 valence electrons. The van der Waals surface area contributed by atoms with Crippen LogP contribution in [0.3, 0.4) is 0 Å². The van der Waals surface area contributed by atoms with Crippen LogP contribution in [0.1, 0.15) is 33.3 Å². The number of aromatic nitrogens is 1. The maximum absolute atomic E-state index is 13.5. The highest BCUT2D eigenvalue weighted by Crippen LogP contribution is 2.40. The van der Waals surface area contributed by atoms with E-state index < -0.39 is 11.9 Å². The van der Waals surface area contributed by atoms with Gasteiger partial charge in [0.25, 0.3) is 5.91 Å². The van der Waals surface area contributed by atoms with E-state index in [0.29, 0.717) is 34.7 Å². The van der Waals surface area contributed by atoms with Crippen molar-refractivity contribution in [3.05, 3.63) is 112 Å². The van der Waals surface area contributed by atoms with Crippen molar-refractivity contribution in [1.82, 2.24) is 4.98 Å². The third kappa shape index (κ3) is 3.17. The molecule has 0 N–H and O–H groups in total. The molecule has 6 nitrogen and oxygen atoms in total. The third-order valence-corrected chi connectivity index (χ3v) is 5.48. The molecular weight excluding hydrogens is 404 g/mol. The number of hydrogen-bond donors (Lipinski definition) is 0. The summed E-state index contributed by atoms with van der Waals surface area (Å²) in [6.45, 7) is 5.97. The van der Waals surface area contributed by atoms with E-state index in [1.165, 1.54) is 4.90 Å². The minimum absolute atomic E-state index is 0.0491. The van der Waals surface area contributed by atoms with Gasteiger partial charge in [0.1, 0.15) is 23.8 Å². The summed E-state index contributed by atoms with van der Waals surface area (Å²) in [6, 6.07) is 17.3. The molecule has 0 unspecified atom stereocenters. The molecule has 0 bridgehead atoms. The second kappa shape index (κ2) is 7.81. The predicted molar refractivity (Wildman–Crippen MR) is 122 cm³/mol. The molecule has 32 heavy (non-hydrogen) atoms. The molecule has 2 aromatic carbocycles. The van der Waals surface area contributed by atoms with Crippen LogP contribution in [0.5, 0.6) is 5.75 Å². The second-order valence-corrected chi connectivity index (χ2v) is 7.61. The zero-order valence-corrected chi connectivity index (χ0v) is 17.4. The molecule has 1 aliphatic heterocycles. The number of carbonyl (C=O) groups excluding carboxylic acids is 1. The van der Waals surface area contributed by atoms with Gasteiger partial charge in [-0.05, 0) is 48.4 Å². The van der Waals surface area contributed by atoms with Gasteiger partial charge in [0, 0.05) is 6.20 Å². The van der Waals surface area contributed by atoms with Gasteiger partial charge >= 0.3 is 0 Å². The van der Waals surface area contributed by atoms with Gasteiger partial charge < -0.3 is 9.15 Å². The fourth-order valence-corrected chi connectivity index (χ4v) is 3.98. The van der Waals surface area contributed by atoms with E-state index >= 15 is 0 Å². The van der Waals surface area contributed by atoms with Crippen LogP contribution < -0.4 is 15.1 Å². The van der Waals surface area contributed by atoms with E-state index in [4.69, 9.17) is 9.15 Å². The molecule has 0 saturated carbocycles. The Labute approximate surface area is 184 Å². The van der Waals surface area contributed by atoms with E-state index in [0.717, 1.165) is 11.1 Å². The molecule has 0 aliphatic carbocycles. The SMILES string of the molecule is C=CCOc1ccc([C@@H]2c3c(oc4ccccc4c3=O)C(=O)N2c2ccc(C)cn2)cc1. The maximum Gasteiger partial charge on any atom is 0.296 e. The Morgan fingerprint density at radius 1 is 1.09 bits per heavy atom. The number of rotatable bonds is 5. The first-order valence-corrected chi connectivity index (χ1v) is 10.2. The topological polar surface area (TPSA) is 72.6 Å². The Morgan fingerprint density at radius 3 is 2.59 bits per heavy atom. The molecule has 0 fully saturated rings. The van der Waals surface area contributed by atoms with E-state index in [-0.39, 0.29) is 11.2 Å². The number of hydrogen-bond acceptors (Lipinski definition) is 5. The molecule has 4 aromatic rings. The first-order valence-electron chi connectivity index (χ1n) is 10.2. The average Bonchev–Trinajstić information content (AvgIpc) is 3.11. The van der Waals surface area contributed by atoms with Crippen molar-refractivity contribution in [2.45, 2.75) is 13.0 Å². The highest BCUT2D eigenvalue weighted by molar-refractivity contribution is 6.10. The standard InChI is InChI=1S/C26H20N2O4/c1-3-14-31-18-11-9-17(10-12-18)23-22-24(29)19-6-4-5-7-20(19)32-25(22)26(30)28(23)21-13-8-16(2)15-27-21/h3-13,15,23H,1,14H2,2H3/t23-/m1/s1. The largest absolute Gasteiger partial charge is 0.490 e. The Balaban J connectivity index is 1.71. The minimum Gasteiger partial charge on any atom is -0.490 e. The summed E-state index contributed by atoms with van der Waals surface area (Å²) in [5.41, 5.74) is 2.21. The van der Waals surface area contributed by atoms with Crippen LogP contribution >= 0.6 is 0 Å². The Bertz CT molecular complexity index is 1390. The average molecular weight is 424 g/mol. The zero-order valence-electron chi connectivity index (χ0n) is 17.4. The van der Waals surface area contributed by atoms with Gasteiger partial charge in [-0.1, -0.05) is 43.0 Å². The van der Waals surface area contributed by atoms with Gasteiger partial charge in [0.05, 0.1) is 17.0 Å². The summed E-state index contributed by atoms with van der Waals surface area (Å²) in [7, 11) is 0. The molecule has 1 aliphatic rings. The van der Waals surface area contributed by atoms with Crippen LogP contribution in [0, 0.1) is 6.92 Å². The van der Waals surface area contributed by atoms with Crippen molar-refractivity contribution in [3.8, 4) is 5.75 Å². The van der Waals surface area contributed by atoms with Crippen molar-refractivity contribution in [1.29, 1.82) is 0 Å². The Kier molecular flexibility index (Phi) is 4.82. The summed E-state index contributed by atoms with van der Waals surface area (Å²) in [4.78, 5) is 33.0. The maximum atomic E-state index is 13.5.